The van der Waals surface area contributed by atoms with Crippen LogP contribution in [0.2, 0.25) is 0 Å². The Labute approximate surface area is 211 Å². The quantitative estimate of drug-likeness (QED) is 0.495. The summed E-state index contributed by atoms with van der Waals surface area (Å²) in [7, 11) is 4.90. The summed E-state index contributed by atoms with van der Waals surface area (Å²) in [5.41, 5.74) is 5.33. The Morgan fingerprint density at radius 1 is 0.917 bits per heavy atom. The zero-order valence-electron chi connectivity index (χ0n) is 20.9. The fourth-order valence-corrected chi connectivity index (χ4v) is 5.01. The van der Waals surface area contributed by atoms with Gasteiger partial charge in [0.05, 0.1) is 39.6 Å². The molecule has 7 heteroatoms. The number of nitrogens with zero attached hydrogens (tertiary/aromatic N) is 3. The first-order valence-electron chi connectivity index (χ1n) is 12.1. The molecule has 2 aliphatic rings. The van der Waals surface area contributed by atoms with Crippen LogP contribution in [-0.4, -0.2) is 55.9 Å². The van der Waals surface area contributed by atoms with Crippen molar-refractivity contribution < 1.29 is 19.0 Å². The Morgan fingerprint density at radius 2 is 1.69 bits per heavy atom. The van der Waals surface area contributed by atoms with Crippen LogP contribution in [0.4, 0.5) is 0 Å². The average molecular weight is 486 g/mol. The van der Waals surface area contributed by atoms with Crippen molar-refractivity contribution >= 4 is 11.6 Å². The number of amides is 1. The van der Waals surface area contributed by atoms with Crippen molar-refractivity contribution in [3.05, 3.63) is 89.0 Å². The minimum Gasteiger partial charge on any atom is -0.497 e. The number of carbonyl (C=O) groups excluding carboxylic acids is 1. The second kappa shape index (κ2) is 10.4. The van der Waals surface area contributed by atoms with Gasteiger partial charge in [-0.3, -0.25) is 9.69 Å². The van der Waals surface area contributed by atoms with Gasteiger partial charge in [-0.25, -0.2) is 5.01 Å². The van der Waals surface area contributed by atoms with Crippen molar-refractivity contribution in [2.45, 2.75) is 25.4 Å². The van der Waals surface area contributed by atoms with Crippen LogP contribution in [-0.2, 0) is 17.8 Å². The molecule has 3 aromatic rings. The van der Waals surface area contributed by atoms with E-state index in [1.54, 1.807) is 26.3 Å². The van der Waals surface area contributed by atoms with Gasteiger partial charge in [0.1, 0.15) is 17.2 Å². The molecule has 5 rings (SSSR count). The first-order chi connectivity index (χ1) is 17.6. The maximum absolute atomic E-state index is 13.7. The molecule has 2 aliphatic heterocycles. The molecule has 0 radical (unpaired) electrons. The zero-order valence-corrected chi connectivity index (χ0v) is 20.9. The Hall–Kier alpha value is -3.84. The van der Waals surface area contributed by atoms with Gasteiger partial charge in [0.25, 0.3) is 5.91 Å². The highest BCUT2D eigenvalue weighted by Crippen LogP contribution is 2.39. The van der Waals surface area contributed by atoms with Crippen molar-refractivity contribution in [3.8, 4) is 17.2 Å². The molecule has 2 heterocycles. The van der Waals surface area contributed by atoms with Crippen molar-refractivity contribution in [3.63, 3.8) is 0 Å². The standard InChI is InChI=1S/C29H31N3O4/c1-34-23-10-6-9-21(15-23)26-17-27(25-12-11-24(35-2)16-28(25)36-3)32(30-26)29(33)19-31-14-13-20-7-4-5-8-22(20)18-31/h4-12,15-16,27H,13-14,17-19H2,1-3H3/t27-/m1/s1. The Morgan fingerprint density at radius 3 is 2.47 bits per heavy atom. The monoisotopic (exact) mass is 485 g/mol. The van der Waals surface area contributed by atoms with Gasteiger partial charge in [-0.15, -0.1) is 0 Å². The number of hydrogen-bond acceptors (Lipinski definition) is 6. The molecule has 0 N–H and O–H groups in total. The van der Waals surface area contributed by atoms with E-state index in [9.17, 15) is 4.79 Å². The van der Waals surface area contributed by atoms with E-state index in [4.69, 9.17) is 19.3 Å². The molecule has 0 aliphatic carbocycles. The fourth-order valence-electron chi connectivity index (χ4n) is 5.01. The maximum Gasteiger partial charge on any atom is 0.257 e. The van der Waals surface area contributed by atoms with Crippen LogP contribution in [0.5, 0.6) is 17.2 Å². The molecule has 3 aromatic carbocycles. The molecule has 0 saturated carbocycles. The average Bonchev–Trinajstić information content (AvgIpc) is 3.38. The van der Waals surface area contributed by atoms with E-state index < -0.39 is 0 Å². The Kier molecular flexibility index (Phi) is 6.91. The van der Waals surface area contributed by atoms with E-state index in [-0.39, 0.29) is 11.9 Å². The topological polar surface area (TPSA) is 63.6 Å². The number of hydrogen-bond donors (Lipinski definition) is 0. The molecule has 7 nitrogen and oxygen atoms in total. The van der Waals surface area contributed by atoms with Gasteiger partial charge >= 0.3 is 0 Å². The first kappa shape index (κ1) is 23.9. The molecule has 1 atom stereocenters. The van der Waals surface area contributed by atoms with Gasteiger partial charge in [-0.2, -0.15) is 5.10 Å². The molecular formula is C29H31N3O4. The molecular weight excluding hydrogens is 454 g/mol. The Balaban J connectivity index is 1.45. The lowest BCUT2D eigenvalue weighted by molar-refractivity contribution is -0.134. The number of rotatable bonds is 7. The van der Waals surface area contributed by atoms with Gasteiger partial charge in [0.15, 0.2) is 0 Å². The highest BCUT2D eigenvalue weighted by atomic mass is 16.5. The number of fused-ring (bicyclic) bond motifs is 1. The van der Waals surface area contributed by atoms with Crippen molar-refractivity contribution in [2.24, 2.45) is 5.10 Å². The van der Waals surface area contributed by atoms with Crippen LogP contribution in [0.3, 0.4) is 0 Å². The summed E-state index contributed by atoms with van der Waals surface area (Å²) in [5, 5.41) is 6.49. The predicted molar refractivity (Wildman–Crippen MR) is 139 cm³/mol. The minimum absolute atomic E-state index is 0.0323. The fraction of sp³-hybridized carbons (Fsp3) is 0.310. The zero-order chi connectivity index (χ0) is 25.1. The van der Waals surface area contributed by atoms with E-state index >= 15 is 0 Å². The van der Waals surface area contributed by atoms with E-state index in [0.29, 0.717) is 24.5 Å². The molecule has 0 fully saturated rings. The summed E-state index contributed by atoms with van der Waals surface area (Å²) in [6.45, 7) is 1.91. The number of carbonyl (C=O) groups is 1. The van der Waals surface area contributed by atoms with Crippen molar-refractivity contribution in [2.75, 3.05) is 34.4 Å². The molecule has 1 amide bonds. The molecule has 0 bridgehead atoms. The molecule has 0 aromatic heterocycles. The predicted octanol–water partition coefficient (Wildman–Crippen LogP) is 4.45. The van der Waals surface area contributed by atoms with Gasteiger partial charge in [0.2, 0.25) is 0 Å². The summed E-state index contributed by atoms with van der Waals surface area (Å²) in [6, 6.07) is 21.7. The summed E-state index contributed by atoms with van der Waals surface area (Å²) >= 11 is 0. The summed E-state index contributed by atoms with van der Waals surface area (Å²) < 4.78 is 16.5. The van der Waals surface area contributed by atoms with Gasteiger partial charge in [0, 0.05) is 36.7 Å². The second-order valence-corrected chi connectivity index (χ2v) is 9.07. The van der Waals surface area contributed by atoms with Gasteiger partial charge < -0.3 is 14.2 Å². The highest BCUT2D eigenvalue weighted by molar-refractivity contribution is 6.03. The van der Waals surface area contributed by atoms with Crippen LogP contribution in [0.1, 0.15) is 34.7 Å². The lowest BCUT2D eigenvalue weighted by Gasteiger charge is -2.30. The lowest BCUT2D eigenvalue weighted by Crippen LogP contribution is -2.40. The Bertz CT molecular complexity index is 1290. The van der Waals surface area contributed by atoms with Crippen LogP contribution in [0.25, 0.3) is 0 Å². The van der Waals surface area contributed by atoms with Crippen LogP contribution in [0.15, 0.2) is 71.8 Å². The van der Waals surface area contributed by atoms with Crippen LogP contribution < -0.4 is 14.2 Å². The molecule has 0 saturated heterocycles. The molecule has 0 unspecified atom stereocenters. The van der Waals surface area contributed by atoms with E-state index in [2.05, 4.69) is 29.2 Å². The summed E-state index contributed by atoms with van der Waals surface area (Å²) in [5.74, 6) is 2.10. The second-order valence-electron chi connectivity index (χ2n) is 9.07. The van der Waals surface area contributed by atoms with Gasteiger partial charge in [-0.05, 0) is 41.8 Å². The van der Waals surface area contributed by atoms with E-state index in [1.807, 2.05) is 42.5 Å². The normalized spacial score (nSPS) is 17.4. The maximum atomic E-state index is 13.7. The summed E-state index contributed by atoms with van der Waals surface area (Å²) in [4.78, 5) is 15.9. The SMILES string of the molecule is COc1cccc(C2=NN(C(=O)CN3CCc4ccccc4C3)[C@@H](c3ccc(OC)cc3OC)C2)c1. The van der Waals surface area contributed by atoms with E-state index in [1.165, 1.54) is 11.1 Å². The summed E-state index contributed by atoms with van der Waals surface area (Å²) in [6.07, 6.45) is 1.52. The van der Waals surface area contributed by atoms with Crippen molar-refractivity contribution in [1.29, 1.82) is 0 Å². The smallest absolute Gasteiger partial charge is 0.257 e. The lowest BCUT2D eigenvalue weighted by atomic mass is 9.97. The first-order valence-corrected chi connectivity index (χ1v) is 12.1. The third-order valence-corrected chi connectivity index (χ3v) is 6.94. The van der Waals surface area contributed by atoms with Crippen molar-refractivity contribution in [1.82, 2.24) is 9.91 Å². The minimum atomic E-state index is -0.281. The largest absolute Gasteiger partial charge is 0.497 e. The van der Waals surface area contributed by atoms with E-state index in [0.717, 1.165) is 42.1 Å². The van der Waals surface area contributed by atoms with Crippen LogP contribution in [0, 0.1) is 0 Å². The molecule has 0 spiro atoms. The highest BCUT2D eigenvalue weighted by Gasteiger charge is 2.36. The number of benzene rings is 3. The van der Waals surface area contributed by atoms with Gasteiger partial charge in [-0.1, -0.05) is 36.4 Å². The number of ether oxygens (including phenoxy) is 3. The number of hydrazone groups is 1. The molecule has 36 heavy (non-hydrogen) atoms. The number of methoxy groups -OCH3 is 3. The van der Waals surface area contributed by atoms with Crippen LogP contribution >= 0.6 is 0 Å². The third-order valence-electron chi connectivity index (χ3n) is 6.94. The third kappa shape index (κ3) is 4.79. The molecule has 186 valence electrons.